The number of ether oxygens (including phenoxy) is 1. The van der Waals surface area contributed by atoms with E-state index in [0.717, 1.165) is 19.3 Å². The average molecular weight is 644 g/mol. The number of hydrogen-bond acceptors (Lipinski definition) is 7. The van der Waals surface area contributed by atoms with Crippen molar-refractivity contribution >= 4 is 35.3 Å². The van der Waals surface area contributed by atoms with Crippen molar-refractivity contribution in [2.75, 3.05) is 6.54 Å². The second-order valence-electron chi connectivity index (χ2n) is 16.3. The summed E-state index contributed by atoms with van der Waals surface area (Å²) in [5, 5.41) is 5.48. The Labute approximate surface area is 275 Å². The van der Waals surface area contributed by atoms with Gasteiger partial charge in [-0.2, -0.15) is 0 Å². The van der Waals surface area contributed by atoms with Gasteiger partial charge in [0, 0.05) is 25.8 Å². The van der Waals surface area contributed by atoms with Crippen LogP contribution in [-0.2, 0) is 28.7 Å². The fraction of sp³-hybridized carbons (Fsp3) is 0.778. The fourth-order valence-electron chi connectivity index (χ4n) is 7.24. The van der Waals surface area contributed by atoms with E-state index < -0.39 is 58.6 Å². The minimum absolute atomic E-state index is 0.00768. The summed E-state index contributed by atoms with van der Waals surface area (Å²) >= 11 is 0. The molecule has 1 saturated heterocycles. The van der Waals surface area contributed by atoms with Crippen LogP contribution in [0.15, 0.2) is 12.7 Å². The van der Waals surface area contributed by atoms with Gasteiger partial charge in [0.15, 0.2) is 0 Å². The molecule has 46 heavy (non-hydrogen) atoms. The van der Waals surface area contributed by atoms with Gasteiger partial charge in [-0.25, -0.2) is 4.79 Å². The molecule has 0 radical (unpaired) electrons. The topological polar surface area (TPSA) is 139 Å². The number of amides is 3. The summed E-state index contributed by atoms with van der Waals surface area (Å²) in [5.41, 5.74) is -1.65. The Morgan fingerprint density at radius 2 is 1.57 bits per heavy atom. The minimum Gasteiger partial charge on any atom is -0.444 e. The molecule has 10 nitrogen and oxygen atoms in total. The van der Waals surface area contributed by atoms with Gasteiger partial charge in [0.2, 0.25) is 23.4 Å². The smallest absolute Gasteiger partial charge is 0.408 e. The highest BCUT2D eigenvalue weighted by molar-refractivity contribution is 6.39. The molecule has 0 aromatic carbocycles. The molecule has 2 saturated carbocycles. The number of fused-ring (bicyclic) bond motifs is 1. The van der Waals surface area contributed by atoms with E-state index in [2.05, 4.69) is 17.2 Å². The largest absolute Gasteiger partial charge is 0.444 e. The van der Waals surface area contributed by atoms with Crippen LogP contribution in [0.25, 0.3) is 0 Å². The molecule has 1 heterocycles. The van der Waals surface area contributed by atoms with Crippen molar-refractivity contribution in [2.24, 2.45) is 28.6 Å². The lowest BCUT2D eigenvalue weighted by Crippen LogP contribution is -2.60. The second-order valence-corrected chi connectivity index (χ2v) is 16.3. The van der Waals surface area contributed by atoms with E-state index >= 15 is 0 Å². The maximum absolute atomic E-state index is 14.0. The number of Topliss-reactive ketones (excluding diaryl/α,β-unsaturated/α-hetero) is 3. The van der Waals surface area contributed by atoms with Crippen molar-refractivity contribution in [1.29, 1.82) is 0 Å². The molecule has 3 unspecified atom stereocenters. The van der Waals surface area contributed by atoms with Gasteiger partial charge in [-0.15, -0.1) is 6.58 Å². The zero-order valence-electron chi connectivity index (χ0n) is 29.3. The number of piperidine rings is 1. The quantitative estimate of drug-likeness (QED) is 0.193. The first-order valence-corrected chi connectivity index (χ1v) is 17.1. The second kappa shape index (κ2) is 14.8. The Hall–Kier alpha value is -3.04. The van der Waals surface area contributed by atoms with E-state index in [1.165, 1.54) is 30.2 Å². The lowest BCUT2D eigenvalue weighted by Gasteiger charge is -2.38. The third-order valence-electron chi connectivity index (χ3n) is 10.0. The van der Waals surface area contributed by atoms with Gasteiger partial charge >= 0.3 is 6.09 Å². The van der Waals surface area contributed by atoms with E-state index in [4.69, 9.17) is 4.74 Å². The molecule has 3 rings (SSSR count). The highest BCUT2D eigenvalue weighted by Crippen LogP contribution is 2.65. The number of carbonyl (C=O) groups is 6. The molecule has 3 aliphatic rings. The first-order valence-electron chi connectivity index (χ1n) is 17.1. The highest BCUT2D eigenvalue weighted by Gasteiger charge is 2.70. The number of rotatable bonds is 14. The fourth-order valence-corrected chi connectivity index (χ4v) is 7.24. The lowest BCUT2D eigenvalue weighted by atomic mass is 9.85. The van der Waals surface area contributed by atoms with E-state index in [9.17, 15) is 28.8 Å². The summed E-state index contributed by atoms with van der Waals surface area (Å²) in [5.74, 6) is -1.92. The third-order valence-corrected chi connectivity index (χ3v) is 10.0. The first kappa shape index (κ1) is 37.4. The maximum Gasteiger partial charge on any atom is 0.408 e. The number of hydrogen-bond donors (Lipinski definition) is 2. The Morgan fingerprint density at radius 3 is 2.13 bits per heavy atom. The maximum atomic E-state index is 14.0. The number of carbonyl (C=O) groups excluding carboxylic acids is 6. The molecular formula is C36H57N3O7. The molecule has 0 bridgehead atoms. The van der Waals surface area contributed by atoms with E-state index in [1.54, 1.807) is 20.8 Å². The molecule has 1 aliphatic heterocycles. The summed E-state index contributed by atoms with van der Waals surface area (Å²) in [7, 11) is 0. The van der Waals surface area contributed by atoms with E-state index in [1.807, 2.05) is 34.6 Å². The summed E-state index contributed by atoms with van der Waals surface area (Å²) in [6, 6.07) is -3.00. The van der Waals surface area contributed by atoms with Crippen molar-refractivity contribution in [3.8, 4) is 0 Å². The molecule has 5 atom stereocenters. The number of ketones is 3. The van der Waals surface area contributed by atoms with Crippen LogP contribution in [0.1, 0.15) is 120 Å². The van der Waals surface area contributed by atoms with Crippen molar-refractivity contribution < 1.29 is 33.5 Å². The molecule has 0 aromatic rings. The summed E-state index contributed by atoms with van der Waals surface area (Å²) < 4.78 is 5.42. The van der Waals surface area contributed by atoms with Crippen molar-refractivity contribution in [3.63, 3.8) is 0 Å². The number of nitrogens with one attached hydrogen (secondary N) is 2. The monoisotopic (exact) mass is 643 g/mol. The van der Waals surface area contributed by atoms with Crippen LogP contribution < -0.4 is 10.6 Å². The van der Waals surface area contributed by atoms with Gasteiger partial charge in [0.1, 0.15) is 23.5 Å². The zero-order chi connectivity index (χ0) is 34.6. The van der Waals surface area contributed by atoms with Crippen LogP contribution in [-0.4, -0.2) is 70.4 Å². The zero-order valence-corrected chi connectivity index (χ0v) is 29.3. The molecular weight excluding hydrogens is 586 g/mol. The van der Waals surface area contributed by atoms with E-state index in [-0.39, 0.29) is 42.3 Å². The molecule has 0 aromatic heterocycles. The van der Waals surface area contributed by atoms with E-state index in [0.29, 0.717) is 18.9 Å². The number of alkyl carbamates (subject to hydrolysis) is 1. The van der Waals surface area contributed by atoms with Gasteiger partial charge in [-0.05, 0) is 62.2 Å². The van der Waals surface area contributed by atoms with Crippen LogP contribution in [0.3, 0.4) is 0 Å². The van der Waals surface area contributed by atoms with Crippen LogP contribution in [0.2, 0.25) is 0 Å². The average Bonchev–Trinajstić information content (AvgIpc) is 3.27. The Morgan fingerprint density at radius 1 is 0.935 bits per heavy atom. The predicted octanol–water partition coefficient (Wildman–Crippen LogP) is 5.32. The van der Waals surface area contributed by atoms with Gasteiger partial charge in [0.05, 0.1) is 6.04 Å². The van der Waals surface area contributed by atoms with Gasteiger partial charge in [0.25, 0.3) is 0 Å². The Bertz CT molecular complexity index is 1190. The number of likely N-dealkylation sites (tertiary alicyclic amines) is 1. The minimum atomic E-state index is -1.15. The predicted molar refractivity (Wildman–Crippen MR) is 176 cm³/mol. The molecule has 3 amide bonds. The summed E-state index contributed by atoms with van der Waals surface area (Å²) in [4.78, 5) is 80.8. The van der Waals surface area contributed by atoms with Crippen LogP contribution in [0.5, 0.6) is 0 Å². The normalized spacial score (nSPS) is 23.8. The molecule has 10 heteroatoms. The van der Waals surface area contributed by atoms with Crippen molar-refractivity contribution in [2.45, 2.75) is 143 Å². The number of nitrogens with zero attached hydrogens (tertiary/aromatic N) is 1. The lowest BCUT2D eigenvalue weighted by molar-refractivity contribution is -0.145. The molecule has 2 aliphatic carbocycles. The summed E-state index contributed by atoms with van der Waals surface area (Å²) in [6.07, 6.45) is 7.78. The van der Waals surface area contributed by atoms with Crippen LogP contribution >= 0.6 is 0 Å². The summed E-state index contributed by atoms with van der Waals surface area (Å²) in [6.45, 7) is 18.8. The molecule has 3 fully saturated rings. The van der Waals surface area contributed by atoms with Crippen molar-refractivity contribution in [3.05, 3.63) is 12.7 Å². The Balaban J connectivity index is 1.68. The van der Waals surface area contributed by atoms with Gasteiger partial charge in [-0.3, -0.25) is 24.0 Å². The standard InChI is InChI=1S/C36H57N3O7/c1-10-14-25(29(42)26(41)20-19-23(40)18-17-22-15-12-11-13-16-22)37-31(43)28-27-24(36(27,8)9)21-39(28)32(44)30(34(2,3)4)38-33(45)46-35(5,6)7/h10,22,24-25,27-28,30H,1,11-21H2,2-9H3,(H,37,43)(H,38,45)/t24?,25?,27?,28-,30+/m0/s1. The van der Waals surface area contributed by atoms with Crippen molar-refractivity contribution in [1.82, 2.24) is 15.5 Å². The first-order chi connectivity index (χ1) is 21.3. The SMILES string of the molecule is C=CCC(NC(=O)[C@@H]1C2C(CN1C(=O)[C@@H](NC(=O)OC(C)(C)C)C(C)(C)C)C2(C)C)C(=O)C(=O)CCC(=O)CCC1CCCCC1. The third kappa shape index (κ3) is 9.50. The van der Waals surface area contributed by atoms with Crippen LogP contribution in [0.4, 0.5) is 4.79 Å². The molecule has 0 spiro atoms. The Kier molecular flexibility index (Phi) is 12.0. The highest BCUT2D eigenvalue weighted by atomic mass is 16.6. The van der Waals surface area contributed by atoms with Crippen LogP contribution in [0, 0.1) is 28.6 Å². The van der Waals surface area contributed by atoms with Gasteiger partial charge in [-0.1, -0.05) is 72.8 Å². The molecule has 2 N–H and O–H groups in total. The molecule has 258 valence electrons. The van der Waals surface area contributed by atoms with Gasteiger partial charge < -0.3 is 20.3 Å².